The third-order valence-corrected chi connectivity index (χ3v) is 6.11. The molecule has 1 unspecified atom stereocenters. The highest BCUT2D eigenvalue weighted by Gasteiger charge is 2.28. The number of aryl methyl sites for hydroxylation is 1. The molecule has 8 heteroatoms. The maximum Gasteiger partial charge on any atom is 0.341 e. The third kappa shape index (κ3) is 3.59. The van der Waals surface area contributed by atoms with Crippen LogP contribution in [0.3, 0.4) is 0 Å². The molecule has 0 fully saturated rings. The Labute approximate surface area is 153 Å². The number of hydrogen-bond donors (Lipinski definition) is 1. The van der Waals surface area contributed by atoms with Crippen LogP contribution < -0.4 is 5.32 Å². The molecule has 0 saturated carbocycles. The van der Waals surface area contributed by atoms with E-state index in [1.807, 2.05) is 26.0 Å². The Hall–Kier alpha value is -2.19. The summed E-state index contributed by atoms with van der Waals surface area (Å²) >= 11 is 2.91. The number of esters is 1. The quantitative estimate of drug-likeness (QED) is 0.831. The molecule has 1 aliphatic heterocycles. The van der Waals surface area contributed by atoms with Crippen molar-refractivity contribution in [2.45, 2.75) is 19.9 Å². The minimum Gasteiger partial charge on any atom is -0.465 e. The van der Waals surface area contributed by atoms with Gasteiger partial charge in [0, 0.05) is 28.6 Å². The lowest BCUT2D eigenvalue weighted by Gasteiger charge is -2.08. The van der Waals surface area contributed by atoms with Crippen LogP contribution in [0.1, 0.15) is 26.4 Å². The first kappa shape index (κ1) is 17.6. The number of thiophene rings is 1. The highest BCUT2D eigenvalue weighted by molar-refractivity contribution is 8.14. The highest BCUT2D eigenvalue weighted by atomic mass is 32.2. The van der Waals surface area contributed by atoms with Crippen LogP contribution in [0.25, 0.3) is 0 Å². The minimum absolute atomic E-state index is 0.219. The molecule has 0 spiro atoms. The van der Waals surface area contributed by atoms with E-state index in [0.29, 0.717) is 16.3 Å². The predicted octanol–water partition coefficient (Wildman–Crippen LogP) is 3.05. The number of thioether (sulfide) groups is 1. The van der Waals surface area contributed by atoms with Crippen LogP contribution in [0, 0.1) is 13.8 Å². The molecule has 0 aromatic carbocycles. The number of pyridine rings is 1. The number of amides is 1. The van der Waals surface area contributed by atoms with Crippen LogP contribution in [0.2, 0.25) is 0 Å². The molecule has 3 rings (SSSR count). The average Bonchev–Trinajstić information content (AvgIpc) is 3.21. The number of aromatic nitrogens is 1. The van der Waals surface area contributed by atoms with Crippen LogP contribution in [0.4, 0.5) is 5.00 Å². The van der Waals surface area contributed by atoms with Crippen LogP contribution in [-0.4, -0.2) is 40.8 Å². The molecule has 1 N–H and O–H groups in total. The maximum atomic E-state index is 12.6. The van der Waals surface area contributed by atoms with Crippen molar-refractivity contribution in [2.24, 2.45) is 4.99 Å². The number of carbonyl (C=O) groups excluding carboxylic acids is 2. The zero-order valence-electron chi connectivity index (χ0n) is 14.0. The first-order valence-corrected chi connectivity index (χ1v) is 9.41. The number of anilines is 1. The van der Waals surface area contributed by atoms with Crippen molar-refractivity contribution in [2.75, 3.05) is 18.2 Å². The number of rotatable bonds is 4. The van der Waals surface area contributed by atoms with Crippen LogP contribution in [0.15, 0.2) is 29.5 Å². The molecule has 3 heterocycles. The van der Waals surface area contributed by atoms with E-state index in [9.17, 15) is 9.59 Å². The second-order valence-electron chi connectivity index (χ2n) is 5.47. The fourth-order valence-electron chi connectivity index (χ4n) is 2.42. The van der Waals surface area contributed by atoms with Gasteiger partial charge in [-0.3, -0.25) is 14.8 Å². The van der Waals surface area contributed by atoms with E-state index in [1.54, 1.807) is 12.4 Å². The first-order chi connectivity index (χ1) is 12.0. The lowest BCUT2D eigenvalue weighted by molar-refractivity contribution is -0.116. The molecule has 2 aromatic heterocycles. The van der Waals surface area contributed by atoms with Crippen LogP contribution >= 0.6 is 23.1 Å². The summed E-state index contributed by atoms with van der Waals surface area (Å²) < 4.78 is 4.83. The Bertz CT molecular complexity index is 846. The zero-order chi connectivity index (χ0) is 18.0. The monoisotopic (exact) mass is 375 g/mol. The van der Waals surface area contributed by atoms with Gasteiger partial charge >= 0.3 is 5.97 Å². The van der Waals surface area contributed by atoms with Crippen LogP contribution in [0.5, 0.6) is 0 Å². The Morgan fingerprint density at radius 2 is 2.00 bits per heavy atom. The molecule has 6 nitrogen and oxygen atoms in total. The van der Waals surface area contributed by atoms with Gasteiger partial charge < -0.3 is 10.1 Å². The number of carbonyl (C=O) groups is 2. The molecular formula is C17H17N3O3S2. The van der Waals surface area contributed by atoms with E-state index in [4.69, 9.17) is 4.74 Å². The number of hydrogen-bond acceptors (Lipinski definition) is 7. The van der Waals surface area contributed by atoms with Gasteiger partial charge in [0.15, 0.2) is 0 Å². The lowest BCUT2D eigenvalue weighted by Crippen LogP contribution is -2.27. The lowest BCUT2D eigenvalue weighted by atomic mass is 10.1. The van der Waals surface area contributed by atoms with Gasteiger partial charge in [0.25, 0.3) is 5.91 Å². The summed E-state index contributed by atoms with van der Waals surface area (Å²) in [6.45, 7) is 3.76. The van der Waals surface area contributed by atoms with Gasteiger partial charge in [0.1, 0.15) is 11.0 Å². The van der Waals surface area contributed by atoms with E-state index >= 15 is 0 Å². The van der Waals surface area contributed by atoms with E-state index in [1.165, 1.54) is 30.2 Å². The van der Waals surface area contributed by atoms with Crippen molar-refractivity contribution in [3.05, 3.63) is 46.1 Å². The van der Waals surface area contributed by atoms with Crippen molar-refractivity contribution >= 4 is 45.0 Å². The summed E-state index contributed by atoms with van der Waals surface area (Å²) in [4.78, 5) is 34.1. The largest absolute Gasteiger partial charge is 0.465 e. The van der Waals surface area contributed by atoms with Crippen molar-refractivity contribution < 1.29 is 14.3 Å². The molecule has 1 atom stereocenters. The van der Waals surface area contributed by atoms with Crippen molar-refractivity contribution in [1.29, 1.82) is 0 Å². The van der Waals surface area contributed by atoms with E-state index in [-0.39, 0.29) is 5.91 Å². The van der Waals surface area contributed by atoms with Gasteiger partial charge in [-0.2, -0.15) is 0 Å². The number of ether oxygens (including phenoxy) is 1. The average molecular weight is 375 g/mol. The maximum absolute atomic E-state index is 12.6. The number of nitrogens with one attached hydrogen (secondary N) is 1. The SMILES string of the molecule is COC(=O)c1c(NC(=O)C2CSC(c3ccncc3)=N2)sc(C)c1C. The summed E-state index contributed by atoms with van der Waals surface area (Å²) in [6, 6.07) is 3.25. The fourth-order valence-corrected chi connectivity index (χ4v) is 4.52. The fraction of sp³-hybridized carbons (Fsp3) is 0.294. The minimum atomic E-state index is -0.485. The first-order valence-electron chi connectivity index (χ1n) is 7.61. The Morgan fingerprint density at radius 1 is 1.28 bits per heavy atom. The smallest absolute Gasteiger partial charge is 0.341 e. The van der Waals surface area contributed by atoms with Crippen molar-refractivity contribution in [3.8, 4) is 0 Å². The van der Waals surface area contributed by atoms with E-state index < -0.39 is 12.0 Å². The molecule has 25 heavy (non-hydrogen) atoms. The molecule has 0 bridgehead atoms. The standard InChI is InChI=1S/C17H17N3O3S2/c1-9-10(2)25-16(13(9)17(22)23-3)20-14(21)12-8-24-15(19-12)11-4-6-18-7-5-11/h4-7,12H,8H2,1-3H3,(H,20,21). The Balaban J connectivity index is 1.79. The summed E-state index contributed by atoms with van der Waals surface area (Å²) in [6.07, 6.45) is 3.40. The molecule has 0 saturated heterocycles. The number of nitrogens with zero attached hydrogens (tertiary/aromatic N) is 2. The molecule has 0 radical (unpaired) electrons. The highest BCUT2D eigenvalue weighted by Crippen LogP contribution is 2.33. The van der Waals surface area contributed by atoms with Gasteiger partial charge in [-0.15, -0.1) is 23.1 Å². The van der Waals surface area contributed by atoms with Gasteiger partial charge in [0.2, 0.25) is 0 Å². The van der Waals surface area contributed by atoms with Gasteiger partial charge in [-0.05, 0) is 31.5 Å². The number of methoxy groups -OCH3 is 1. The summed E-state index contributed by atoms with van der Waals surface area (Å²) in [5, 5.41) is 4.19. The molecular weight excluding hydrogens is 358 g/mol. The third-order valence-electron chi connectivity index (χ3n) is 3.89. The van der Waals surface area contributed by atoms with E-state index in [0.717, 1.165) is 21.0 Å². The van der Waals surface area contributed by atoms with E-state index in [2.05, 4.69) is 15.3 Å². The normalized spacial score (nSPS) is 16.4. The van der Waals surface area contributed by atoms with Crippen LogP contribution in [-0.2, 0) is 9.53 Å². The van der Waals surface area contributed by atoms with Gasteiger partial charge in [-0.25, -0.2) is 4.79 Å². The van der Waals surface area contributed by atoms with Crippen molar-refractivity contribution in [3.63, 3.8) is 0 Å². The van der Waals surface area contributed by atoms with Crippen molar-refractivity contribution in [1.82, 2.24) is 4.98 Å². The number of aliphatic imine (C=N–C) groups is 1. The molecule has 1 amide bonds. The second-order valence-corrected chi connectivity index (χ2v) is 7.70. The predicted molar refractivity (Wildman–Crippen MR) is 101 cm³/mol. The molecule has 1 aliphatic rings. The Morgan fingerprint density at radius 3 is 2.68 bits per heavy atom. The second kappa shape index (κ2) is 7.37. The summed E-state index contributed by atoms with van der Waals surface area (Å²) in [7, 11) is 1.33. The molecule has 0 aliphatic carbocycles. The Kier molecular flexibility index (Phi) is 5.19. The van der Waals surface area contributed by atoms with Gasteiger partial charge in [-0.1, -0.05) is 0 Å². The molecule has 2 aromatic rings. The van der Waals surface area contributed by atoms with Gasteiger partial charge in [0.05, 0.1) is 17.7 Å². The topological polar surface area (TPSA) is 80.6 Å². The summed E-state index contributed by atoms with van der Waals surface area (Å²) in [5.74, 6) is -0.0951. The zero-order valence-corrected chi connectivity index (χ0v) is 15.7. The molecule has 130 valence electrons. The summed E-state index contributed by atoms with van der Waals surface area (Å²) in [5.41, 5.74) is 2.20.